The molecule has 0 aliphatic carbocycles. The fourth-order valence-electron chi connectivity index (χ4n) is 2.38. The fraction of sp³-hybridized carbons (Fsp3) is 0.750. The van der Waals surface area contributed by atoms with Crippen LogP contribution in [0.4, 0.5) is 4.79 Å². The second-order valence-electron chi connectivity index (χ2n) is 4.62. The van der Waals surface area contributed by atoms with Gasteiger partial charge in [-0.3, -0.25) is 4.79 Å². The largest absolute Gasteiger partial charge is 0.480 e. The molecule has 2 atom stereocenters. The van der Waals surface area contributed by atoms with Crippen LogP contribution in [0.15, 0.2) is 0 Å². The number of carbonyl (C=O) groups is 3. The average Bonchev–Trinajstić information content (AvgIpc) is 2.86. The van der Waals surface area contributed by atoms with Gasteiger partial charge in [0.25, 0.3) is 0 Å². The molecule has 2 unspecified atom stereocenters. The third kappa shape index (κ3) is 3.15. The van der Waals surface area contributed by atoms with Crippen LogP contribution < -0.4 is 5.32 Å². The minimum atomic E-state index is -1.03. The summed E-state index contributed by atoms with van der Waals surface area (Å²) < 4.78 is 0. The molecule has 0 saturated carbocycles. The van der Waals surface area contributed by atoms with Crippen LogP contribution in [0.25, 0.3) is 0 Å². The molecule has 1 rings (SSSR count). The number of rotatable bonds is 4. The molecule has 19 heavy (non-hydrogen) atoms. The van der Waals surface area contributed by atoms with Crippen molar-refractivity contribution in [3.63, 3.8) is 0 Å². The van der Waals surface area contributed by atoms with Crippen LogP contribution >= 0.6 is 0 Å². The van der Waals surface area contributed by atoms with Gasteiger partial charge in [0.2, 0.25) is 5.91 Å². The monoisotopic (exact) mass is 271 g/mol. The van der Waals surface area contributed by atoms with Gasteiger partial charge >= 0.3 is 12.0 Å². The normalized spacial score (nSPS) is 19.9. The highest BCUT2D eigenvalue weighted by Gasteiger charge is 2.37. The molecule has 1 fully saturated rings. The van der Waals surface area contributed by atoms with E-state index in [0.717, 1.165) is 6.42 Å². The Morgan fingerprint density at radius 2 is 2.11 bits per heavy atom. The summed E-state index contributed by atoms with van der Waals surface area (Å²) >= 11 is 0. The van der Waals surface area contributed by atoms with Crippen molar-refractivity contribution in [1.82, 2.24) is 15.1 Å². The molecule has 1 heterocycles. The highest BCUT2D eigenvalue weighted by molar-refractivity contribution is 5.89. The van der Waals surface area contributed by atoms with Crippen LogP contribution in [0, 0.1) is 0 Å². The number of carboxylic acids is 1. The second-order valence-corrected chi connectivity index (χ2v) is 4.62. The standard InChI is InChI=1S/C12H21N3O4/c1-4-8(11(17)18)14(3)12(19)15-7-5-6-9(15)10(16)13-2/h8-9H,4-7H2,1-3H3,(H,13,16)(H,17,18). The average molecular weight is 271 g/mol. The Bertz CT molecular complexity index is 372. The van der Waals surface area contributed by atoms with Gasteiger partial charge in [-0.05, 0) is 19.3 Å². The summed E-state index contributed by atoms with van der Waals surface area (Å²) in [6.45, 7) is 2.19. The van der Waals surface area contributed by atoms with E-state index in [9.17, 15) is 14.4 Å². The fourth-order valence-corrected chi connectivity index (χ4v) is 2.38. The molecule has 0 aromatic carbocycles. The molecule has 2 N–H and O–H groups in total. The van der Waals surface area contributed by atoms with Crippen molar-refractivity contribution in [3.05, 3.63) is 0 Å². The van der Waals surface area contributed by atoms with E-state index in [1.54, 1.807) is 6.92 Å². The lowest BCUT2D eigenvalue weighted by molar-refractivity contribution is -0.142. The number of hydrogen-bond donors (Lipinski definition) is 2. The predicted molar refractivity (Wildman–Crippen MR) is 68.7 cm³/mol. The van der Waals surface area contributed by atoms with Gasteiger partial charge in [0.1, 0.15) is 12.1 Å². The molecule has 1 aliphatic rings. The smallest absolute Gasteiger partial charge is 0.326 e. The number of carboxylic acid groups (broad SMARTS) is 1. The number of likely N-dealkylation sites (tertiary alicyclic amines) is 1. The Morgan fingerprint density at radius 3 is 2.58 bits per heavy atom. The van der Waals surface area contributed by atoms with Crippen LogP contribution in [-0.4, -0.2) is 65.5 Å². The van der Waals surface area contributed by atoms with Crippen molar-refractivity contribution in [3.8, 4) is 0 Å². The molecule has 1 aliphatic heterocycles. The van der Waals surface area contributed by atoms with E-state index in [-0.39, 0.29) is 5.91 Å². The molecule has 0 aromatic heterocycles. The molecule has 0 radical (unpaired) electrons. The summed E-state index contributed by atoms with van der Waals surface area (Å²) in [6, 6.07) is -1.76. The van der Waals surface area contributed by atoms with Gasteiger partial charge in [0, 0.05) is 20.6 Å². The molecule has 7 nitrogen and oxygen atoms in total. The van der Waals surface area contributed by atoms with Crippen molar-refractivity contribution in [2.24, 2.45) is 0 Å². The van der Waals surface area contributed by atoms with E-state index in [1.165, 1.54) is 23.9 Å². The number of aliphatic carboxylic acids is 1. The van der Waals surface area contributed by atoms with Crippen LogP contribution in [0.2, 0.25) is 0 Å². The molecule has 108 valence electrons. The number of urea groups is 1. The summed E-state index contributed by atoms with van der Waals surface area (Å²) in [6.07, 6.45) is 1.70. The number of hydrogen-bond acceptors (Lipinski definition) is 3. The zero-order chi connectivity index (χ0) is 14.6. The molecule has 3 amide bonds. The molecule has 1 saturated heterocycles. The van der Waals surface area contributed by atoms with E-state index < -0.39 is 24.1 Å². The number of likely N-dealkylation sites (N-methyl/N-ethyl adjacent to an activating group) is 2. The number of nitrogens with zero attached hydrogens (tertiary/aromatic N) is 2. The number of carbonyl (C=O) groups excluding carboxylic acids is 2. The topological polar surface area (TPSA) is 90.0 Å². The zero-order valence-corrected chi connectivity index (χ0v) is 11.5. The van der Waals surface area contributed by atoms with Crippen molar-refractivity contribution < 1.29 is 19.5 Å². The lowest BCUT2D eigenvalue weighted by atomic mass is 10.2. The Kier molecular flexibility index (Phi) is 5.14. The Balaban J connectivity index is 2.81. The van der Waals surface area contributed by atoms with Crippen LogP contribution in [-0.2, 0) is 9.59 Å². The van der Waals surface area contributed by atoms with Crippen molar-refractivity contribution in [2.75, 3.05) is 20.6 Å². The van der Waals surface area contributed by atoms with E-state index in [0.29, 0.717) is 19.4 Å². The van der Waals surface area contributed by atoms with Crippen LogP contribution in [0.1, 0.15) is 26.2 Å². The van der Waals surface area contributed by atoms with Gasteiger partial charge in [-0.1, -0.05) is 6.92 Å². The summed E-state index contributed by atoms with van der Waals surface area (Å²) in [4.78, 5) is 37.7. The van der Waals surface area contributed by atoms with Gasteiger partial charge in [-0.15, -0.1) is 0 Å². The molecule has 0 bridgehead atoms. The number of nitrogens with one attached hydrogen (secondary N) is 1. The molecular formula is C12H21N3O4. The zero-order valence-electron chi connectivity index (χ0n) is 11.5. The summed E-state index contributed by atoms with van der Waals surface area (Å²) in [5, 5.41) is 11.6. The van der Waals surface area contributed by atoms with E-state index in [1.807, 2.05) is 0 Å². The maximum absolute atomic E-state index is 12.3. The predicted octanol–water partition coefficient (Wildman–Crippen LogP) is 0.112. The first-order valence-corrected chi connectivity index (χ1v) is 6.41. The van der Waals surface area contributed by atoms with Gasteiger partial charge in [0.05, 0.1) is 0 Å². The first kappa shape index (κ1) is 15.3. The van der Waals surface area contributed by atoms with Gasteiger partial charge in [-0.25, -0.2) is 9.59 Å². The molecule has 7 heteroatoms. The Hall–Kier alpha value is -1.79. The lowest BCUT2D eigenvalue weighted by Crippen LogP contribution is -2.53. The third-order valence-electron chi connectivity index (χ3n) is 3.49. The van der Waals surface area contributed by atoms with Gasteiger partial charge in [0.15, 0.2) is 0 Å². The highest BCUT2D eigenvalue weighted by Crippen LogP contribution is 2.20. The number of amides is 3. The minimum absolute atomic E-state index is 0.206. The maximum atomic E-state index is 12.3. The minimum Gasteiger partial charge on any atom is -0.480 e. The van der Waals surface area contributed by atoms with Crippen LogP contribution in [0.5, 0.6) is 0 Å². The van der Waals surface area contributed by atoms with E-state index in [4.69, 9.17) is 5.11 Å². The Morgan fingerprint density at radius 1 is 1.47 bits per heavy atom. The van der Waals surface area contributed by atoms with Gasteiger partial charge in [-0.2, -0.15) is 0 Å². The van der Waals surface area contributed by atoms with Crippen molar-refractivity contribution in [2.45, 2.75) is 38.3 Å². The first-order valence-electron chi connectivity index (χ1n) is 6.41. The lowest BCUT2D eigenvalue weighted by Gasteiger charge is -2.31. The maximum Gasteiger partial charge on any atom is 0.326 e. The quantitative estimate of drug-likeness (QED) is 0.759. The molecular weight excluding hydrogens is 250 g/mol. The second kappa shape index (κ2) is 6.40. The van der Waals surface area contributed by atoms with Gasteiger partial charge < -0.3 is 20.2 Å². The third-order valence-corrected chi connectivity index (χ3v) is 3.49. The van der Waals surface area contributed by atoms with Crippen LogP contribution in [0.3, 0.4) is 0 Å². The molecule has 0 aromatic rings. The van der Waals surface area contributed by atoms with E-state index in [2.05, 4.69) is 5.32 Å². The molecule has 0 spiro atoms. The summed E-state index contributed by atoms with van der Waals surface area (Å²) in [7, 11) is 2.99. The van der Waals surface area contributed by atoms with Crippen molar-refractivity contribution >= 4 is 17.9 Å². The van der Waals surface area contributed by atoms with E-state index >= 15 is 0 Å². The Labute approximate surface area is 112 Å². The summed E-state index contributed by atoms with van der Waals surface area (Å²) in [5.74, 6) is -1.24. The highest BCUT2D eigenvalue weighted by atomic mass is 16.4. The first-order chi connectivity index (χ1) is 8.93. The SMILES string of the molecule is CCC(C(=O)O)N(C)C(=O)N1CCCC1C(=O)NC. The van der Waals surface area contributed by atoms with Crippen molar-refractivity contribution in [1.29, 1.82) is 0 Å². The summed E-state index contributed by atoms with van der Waals surface area (Å²) in [5.41, 5.74) is 0.